The fraction of sp³-hybridized carbons (Fsp3) is 0.333. The highest BCUT2D eigenvalue weighted by Gasteiger charge is 2.15. The second-order valence-electron chi connectivity index (χ2n) is 6.17. The summed E-state index contributed by atoms with van der Waals surface area (Å²) in [5.74, 6) is -0.146. The molecule has 0 saturated heterocycles. The molecule has 1 aromatic heterocycles. The number of methoxy groups -OCH3 is 2. The second kappa shape index (κ2) is 9.98. The number of carbonyl (C=O) groups is 1. The molecule has 2 rings (SSSR count). The fourth-order valence-electron chi connectivity index (χ4n) is 2.87. The van der Waals surface area contributed by atoms with E-state index in [1.54, 1.807) is 31.4 Å². The zero-order valence-corrected chi connectivity index (χ0v) is 17.2. The SMILES string of the molecule is COCCn1c(C)cc(/C=C(\C#N)C(=O)OCc2cc(Cl)ccc2OC)c1C. The second-order valence-corrected chi connectivity index (χ2v) is 6.61. The quantitative estimate of drug-likeness (QED) is 0.378. The Morgan fingerprint density at radius 1 is 1.29 bits per heavy atom. The lowest BCUT2D eigenvalue weighted by molar-refractivity contribution is -0.139. The van der Waals surface area contributed by atoms with Gasteiger partial charge >= 0.3 is 5.97 Å². The standard InChI is InChI=1S/C21H23ClN2O4/c1-14-9-16(15(2)24(14)7-8-26-3)10-17(12-23)21(25)28-13-18-11-19(22)5-6-20(18)27-4/h5-6,9-11H,7-8,13H2,1-4H3/b17-10+. The first kappa shape index (κ1) is 21.5. The number of ether oxygens (including phenoxy) is 3. The highest BCUT2D eigenvalue weighted by atomic mass is 35.5. The molecule has 0 aliphatic carbocycles. The third-order valence-corrected chi connectivity index (χ3v) is 4.61. The monoisotopic (exact) mass is 402 g/mol. The van der Waals surface area contributed by atoms with Crippen LogP contribution in [-0.4, -0.2) is 31.4 Å². The van der Waals surface area contributed by atoms with E-state index in [1.165, 1.54) is 7.11 Å². The van der Waals surface area contributed by atoms with Gasteiger partial charge in [-0.25, -0.2) is 4.79 Å². The Kier molecular flexibility index (Phi) is 7.68. The summed E-state index contributed by atoms with van der Waals surface area (Å²) in [6.45, 7) is 5.13. The van der Waals surface area contributed by atoms with Gasteiger partial charge in [-0.05, 0) is 49.8 Å². The molecule has 0 unspecified atom stereocenters. The Morgan fingerprint density at radius 3 is 2.68 bits per heavy atom. The molecule has 1 aromatic carbocycles. The molecule has 0 saturated carbocycles. The van der Waals surface area contributed by atoms with Crippen LogP contribution in [-0.2, 0) is 27.4 Å². The Bertz CT molecular complexity index is 925. The zero-order valence-electron chi connectivity index (χ0n) is 16.4. The van der Waals surface area contributed by atoms with Crippen molar-refractivity contribution in [2.45, 2.75) is 27.0 Å². The van der Waals surface area contributed by atoms with Gasteiger partial charge in [0.15, 0.2) is 0 Å². The van der Waals surface area contributed by atoms with Gasteiger partial charge in [0.2, 0.25) is 0 Å². The van der Waals surface area contributed by atoms with Crippen molar-refractivity contribution in [2.75, 3.05) is 20.8 Å². The van der Waals surface area contributed by atoms with Gasteiger partial charge in [-0.1, -0.05) is 11.6 Å². The number of nitriles is 1. The van der Waals surface area contributed by atoms with Crippen LogP contribution in [0.5, 0.6) is 5.75 Å². The molecule has 0 fully saturated rings. The van der Waals surface area contributed by atoms with Crippen LogP contribution in [0.15, 0.2) is 29.8 Å². The molecule has 148 valence electrons. The molecule has 28 heavy (non-hydrogen) atoms. The van der Waals surface area contributed by atoms with Crippen LogP contribution in [0.1, 0.15) is 22.5 Å². The van der Waals surface area contributed by atoms with Gasteiger partial charge in [0.1, 0.15) is 24.0 Å². The molecule has 0 aliphatic rings. The molecule has 7 heteroatoms. The van der Waals surface area contributed by atoms with Crippen LogP contribution in [0.2, 0.25) is 5.02 Å². The normalized spacial score (nSPS) is 11.2. The molecule has 0 bridgehead atoms. The summed E-state index contributed by atoms with van der Waals surface area (Å²) < 4.78 is 17.7. The molecule has 6 nitrogen and oxygen atoms in total. The predicted octanol–water partition coefficient (Wildman–Crippen LogP) is 4.06. The summed E-state index contributed by atoms with van der Waals surface area (Å²) in [5.41, 5.74) is 3.32. The minimum Gasteiger partial charge on any atom is -0.496 e. The number of nitrogens with zero attached hydrogens (tertiary/aromatic N) is 2. The van der Waals surface area contributed by atoms with Crippen LogP contribution in [0.4, 0.5) is 0 Å². The molecule has 2 aromatic rings. The Balaban J connectivity index is 2.18. The maximum atomic E-state index is 12.4. The van der Waals surface area contributed by atoms with E-state index in [0.29, 0.717) is 29.5 Å². The third kappa shape index (κ3) is 5.16. The molecular weight excluding hydrogens is 380 g/mol. The molecule has 0 N–H and O–H groups in total. The molecule has 0 amide bonds. The average Bonchev–Trinajstić information content (AvgIpc) is 2.95. The Labute approximate surface area is 169 Å². The first-order valence-corrected chi connectivity index (χ1v) is 9.06. The molecule has 1 heterocycles. The number of hydrogen-bond acceptors (Lipinski definition) is 5. The first-order valence-electron chi connectivity index (χ1n) is 8.68. The van der Waals surface area contributed by atoms with E-state index in [1.807, 2.05) is 26.0 Å². The van der Waals surface area contributed by atoms with E-state index in [-0.39, 0.29) is 12.2 Å². The minimum absolute atomic E-state index is 0.0472. The first-order chi connectivity index (χ1) is 13.4. The van der Waals surface area contributed by atoms with Gasteiger partial charge in [-0.15, -0.1) is 0 Å². The lowest BCUT2D eigenvalue weighted by Crippen LogP contribution is -2.08. The van der Waals surface area contributed by atoms with Crippen molar-refractivity contribution < 1.29 is 19.0 Å². The molecule has 0 spiro atoms. The topological polar surface area (TPSA) is 73.5 Å². The maximum Gasteiger partial charge on any atom is 0.349 e. The van der Waals surface area contributed by atoms with Gasteiger partial charge < -0.3 is 18.8 Å². The number of aryl methyl sites for hydroxylation is 1. The van der Waals surface area contributed by atoms with Gasteiger partial charge in [0, 0.05) is 35.6 Å². The van der Waals surface area contributed by atoms with E-state index >= 15 is 0 Å². The van der Waals surface area contributed by atoms with Crippen LogP contribution in [0.3, 0.4) is 0 Å². The summed E-state index contributed by atoms with van der Waals surface area (Å²) in [4.78, 5) is 12.4. The van der Waals surface area contributed by atoms with Gasteiger partial charge in [-0.2, -0.15) is 5.26 Å². The lowest BCUT2D eigenvalue weighted by Gasteiger charge is -2.10. The average molecular weight is 403 g/mol. The zero-order chi connectivity index (χ0) is 20.7. The van der Waals surface area contributed by atoms with Crippen molar-refractivity contribution in [1.29, 1.82) is 5.26 Å². The molecule has 0 radical (unpaired) electrons. The van der Waals surface area contributed by atoms with E-state index < -0.39 is 5.97 Å². The van der Waals surface area contributed by atoms with Crippen molar-refractivity contribution in [3.05, 3.63) is 57.4 Å². The summed E-state index contributed by atoms with van der Waals surface area (Å²) in [5, 5.41) is 9.92. The predicted molar refractivity (Wildman–Crippen MR) is 107 cm³/mol. The number of aromatic nitrogens is 1. The summed E-state index contributed by atoms with van der Waals surface area (Å²) in [7, 11) is 3.17. The van der Waals surface area contributed by atoms with E-state index in [9.17, 15) is 10.1 Å². The van der Waals surface area contributed by atoms with Crippen LogP contribution in [0.25, 0.3) is 6.08 Å². The maximum absolute atomic E-state index is 12.4. The van der Waals surface area contributed by atoms with Crippen molar-refractivity contribution in [3.63, 3.8) is 0 Å². The number of carbonyl (C=O) groups excluding carboxylic acids is 1. The van der Waals surface area contributed by atoms with E-state index in [0.717, 1.165) is 17.0 Å². The summed E-state index contributed by atoms with van der Waals surface area (Å²) in [6.07, 6.45) is 1.54. The van der Waals surface area contributed by atoms with Crippen LogP contribution >= 0.6 is 11.6 Å². The molecular formula is C21H23ClN2O4. The smallest absolute Gasteiger partial charge is 0.349 e. The third-order valence-electron chi connectivity index (χ3n) is 4.37. The van der Waals surface area contributed by atoms with Crippen molar-refractivity contribution in [3.8, 4) is 11.8 Å². The van der Waals surface area contributed by atoms with Crippen molar-refractivity contribution in [2.24, 2.45) is 0 Å². The summed E-state index contributed by atoms with van der Waals surface area (Å²) >= 11 is 5.99. The Morgan fingerprint density at radius 2 is 2.04 bits per heavy atom. The highest BCUT2D eigenvalue weighted by molar-refractivity contribution is 6.30. The molecule has 0 atom stereocenters. The number of halogens is 1. The number of benzene rings is 1. The number of rotatable bonds is 8. The van der Waals surface area contributed by atoms with Crippen LogP contribution in [0, 0.1) is 25.2 Å². The van der Waals surface area contributed by atoms with E-state index in [2.05, 4.69) is 4.57 Å². The van der Waals surface area contributed by atoms with Crippen LogP contribution < -0.4 is 4.74 Å². The highest BCUT2D eigenvalue weighted by Crippen LogP contribution is 2.24. The minimum atomic E-state index is -0.703. The van der Waals surface area contributed by atoms with Crippen molar-refractivity contribution >= 4 is 23.6 Å². The van der Waals surface area contributed by atoms with Gasteiger partial charge in [-0.3, -0.25) is 0 Å². The summed E-state index contributed by atoms with van der Waals surface area (Å²) in [6, 6.07) is 8.89. The van der Waals surface area contributed by atoms with Crippen molar-refractivity contribution in [1.82, 2.24) is 4.57 Å². The lowest BCUT2D eigenvalue weighted by atomic mass is 10.1. The largest absolute Gasteiger partial charge is 0.496 e. The van der Waals surface area contributed by atoms with Gasteiger partial charge in [0.05, 0.1) is 13.7 Å². The number of hydrogen-bond donors (Lipinski definition) is 0. The fourth-order valence-corrected chi connectivity index (χ4v) is 3.07. The van der Waals surface area contributed by atoms with Gasteiger partial charge in [0.25, 0.3) is 0 Å². The molecule has 0 aliphatic heterocycles. The number of esters is 1. The van der Waals surface area contributed by atoms with E-state index in [4.69, 9.17) is 25.8 Å². The Hall–Kier alpha value is -2.75.